The van der Waals surface area contributed by atoms with E-state index >= 15 is 0 Å². The van der Waals surface area contributed by atoms with Gasteiger partial charge in [0.05, 0.1) is 15.2 Å². The Morgan fingerprint density at radius 3 is 2.62 bits per heavy atom. The summed E-state index contributed by atoms with van der Waals surface area (Å²) in [6.07, 6.45) is 5.52. The van der Waals surface area contributed by atoms with Gasteiger partial charge in [0.2, 0.25) is 0 Å². The smallest absolute Gasteiger partial charge is 0.0969 e. The van der Waals surface area contributed by atoms with Crippen molar-refractivity contribution in [2.24, 2.45) is 11.3 Å². The highest BCUT2D eigenvalue weighted by Crippen LogP contribution is 2.56. The van der Waals surface area contributed by atoms with Crippen molar-refractivity contribution in [3.8, 4) is 0 Å². The van der Waals surface area contributed by atoms with Gasteiger partial charge in [-0.25, -0.2) is 4.98 Å². The zero-order valence-electron chi connectivity index (χ0n) is 14.9. The van der Waals surface area contributed by atoms with Crippen LogP contribution in [0.4, 0.5) is 0 Å². The summed E-state index contributed by atoms with van der Waals surface area (Å²) in [5.74, 6) is 1.66. The molecule has 1 aromatic carbocycles. The van der Waals surface area contributed by atoms with Crippen molar-refractivity contribution < 1.29 is 0 Å². The molecule has 3 fully saturated rings. The van der Waals surface area contributed by atoms with E-state index in [1.54, 1.807) is 0 Å². The summed E-state index contributed by atoms with van der Waals surface area (Å²) in [5, 5.41) is 4.70. The lowest BCUT2D eigenvalue weighted by molar-refractivity contribution is -0.0584. The van der Waals surface area contributed by atoms with Crippen molar-refractivity contribution in [2.75, 3.05) is 33.2 Å². The maximum atomic E-state index is 4.78. The van der Waals surface area contributed by atoms with Crippen LogP contribution in [0.15, 0.2) is 24.3 Å². The Labute approximate surface area is 149 Å². The highest BCUT2D eigenvalue weighted by molar-refractivity contribution is 7.18. The van der Waals surface area contributed by atoms with Crippen LogP contribution in [0.3, 0.4) is 0 Å². The highest BCUT2D eigenvalue weighted by atomic mass is 32.1. The first-order valence-corrected chi connectivity index (χ1v) is 10.2. The second kappa shape index (κ2) is 6.74. The third-order valence-electron chi connectivity index (χ3n) is 5.77. The van der Waals surface area contributed by atoms with E-state index in [0.717, 1.165) is 11.8 Å². The van der Waals surface area contributed by atoms with Crippen molar-refractivity contribution in [1.29, 1.82) is 0 Å². The second-order valence-corrected chi connectivity index (χ2v) is 9.31. The summed E-state index contributed by atoms with van der Waals surface area (Å²) in [6, 6.07) is 8.49. The number of fused-ring (bicyclic) bond motifs is 1. The zero-order chi connectivity index (χ0) is 16.6. The fourth-order valence-corrected chi connectivity index (χ4v) is 5.68. The van der Waals surface area contributed by atoms with Gasteiger partial charge in [0.25, 0.3) is 0 Å². The normalized spacial score (nSPS) is 26.5. The van der Waals surface area contributed by atoms with E-state index < -0.39 is 0 Å². The number of nitrogens with zero attached hydrogens (tertiary/aromatic N) is 2. The van der Waals surface area contributed by atoms with Gasteiger partial charge in [-0.2, -0.15) is 0 Å². The Balaban J connectivity index is 0.000000177. The number of para-hydroxylation sites is 1. The Morgan fingerprint density at radius 2 is 2.04 bits per heavy atom. The predicted octanol–water partition coefficient (Wildman–Crippen LogP) is 4.11. The van der Waals surface area contributed by atoms with Crippen molar-refractivity contribution in [2.45, 2.75) is 38.5 Å². The molecule has 0 bridgehead atoms. The average molecular weight is 344 g/mol. The summed E-state index contributed by atoms with van der Waals surface area (Å²) in [6.45, 7) is 7.37. The van der Waals surface area contributed by atoms with Crippen LogP contribution in [0, 0.1) is 11.3 Å². The van der Waals surface area contributed by atoms with Gasteiger partial charge in [-0.05, 0) is 69.3 Å². The van der Waals surface area contributed by atoms with Crippen LogP contribution in [0.5, 0.6) is 0 Å². The number of thiazole rings is 1. The third kappa shape index (κ3) is 3.37. The lowest BCUT2D eigenvalue weighted by Gasteiger charge is -2.58. The van der Waals surface area contributed by atoms with Crippen LogP contribution in [0.1, 0.15) is 43.5 Å². The SMILES string of the molecule is CC1CCCNC1.CN1CC2(CC(c3nc4ccccc4s3)C2)C1. The van der Waals surface area contributed by atoms with E-state index in [1.807, 2.05) is 11.3 Å². The van der Waals surface area contributed by atoms with Gasteiger partial charge in [0, 0.05) is 19.0 Å². The van der Waals surface area contributed by atoms with E-state index in [4.69, 9.17) is 4.98 Å². The summed E-state index contributed by atoms with van der Waals surface area (Å²) in [5.41, 5.74) is 1.84. The largest absolute Gasteiger partial charge is 0.316 e. The molecular formula is C20H29N3S. The minimum Gasteiger partial charge on any atom is -0.316 e. The minimum absolute atomic E-state index is 0.664. The van der Waals surface area contributed by atoms with Crippen molar-refractivity contribution in [3.63, 3.8) is 0 Å². The molecular weight excluding hydrogens is 314 g/mol. The fraction of sp³-hybridized carbons (Fsp3) is 0.650. The van der Waals surface area contributed by atoms with Crippen LogP contribution in [0.25, 0.3) is 10.2 Å². The van der Waals surface area contributed by atoms with E-state index in [0.29, 0.717) is 5.41 Å². The molecule has 3 aliphatic rings. The number of benzene rings is 1. The van der Waals surface area contributed by atoms with Gasteiger partial charge in [-0.1, -0.05) is 19.1 Å². The van der Waals surface area contributed by atoms with Crippen molar-refractivity contribution in [3.05, 3.63) is 29.3 Å². The van der Waals surface area contributed by atoms with Gasteiger partial charge in [-0.15, -0.1) is 11.3 Å². The number of piperidine rings is 1. The third-order valence-corrected chi connectivity index (χ3v) is 6.97. The molecule has 24 heavy (non-hydrogen) atoms. The molecule has 2 aliphatic heterocycles. The number of hydrogen-bond donors (Lipinski definition) is 1. The first-order valence-electron chi connectivity index (χ1n) is 9.38. The Hall–Kier alpha value is -0.970. The first kappa shape index (κ1) is 16.5. The fourth-order valence-electron chi connectivity index (χ4n) is 4.61. The van der Waals surface area contributed by atoms with Crippen LogP contribution in [0.2, 0.25) is 0 Å². The maximum absolute atomic E-state index is 4.78. The number of aromatic nitrogens is 1. The minimum atomic E-state index is 0.664. The van der Waals surface area contributed by atoms with Gasteiger partial charge in [0.1, 0.15) is 0 Å². The van der Waals surface area contributed by atoms with E-state index in [1.165, 1.54) is 67.1 Å². The van der Waals surface area contributed by atoms with Crippen LogP contribution in [-0.2, 0) is 0 Å². The Morgan fingerprint density at radius 1 is 1.25 bits per heavy atom. The number of nitrogens with one attached hydrogen (secondary N) is 1. The molecule has 1 N–H and O–H groups in total. The molecule has 130 valence electrons. The summed E-state index contributed by atoms with van der Waals surface area (Å²) in [7, 11) is 2.22. The molecule has 1 spiro atoms. The predicted molar refractivity (Wildman–Crippen MR) is 103 cm³/mol. The molecule has 3 nitrogen and oxygen atoms in total. The summed E-state index contributed by atoms with van der Waals surface area (Å²) in [4.78, 5) is 7.21. The van der Waals surface area contributed by atoms with Gasteiger partial charge in [0.15, 0.2) is 0 Å². The molecule has 1 saturated carbocycles. The monoisotopic (exact) mass is 343 g/mol. The second-order valence-electron chi connectivity index (χ2n) is 8.25. The quantitative estimate of drug-likeness (QED) is 0.844. The Kier molecular flexibility index (Phi) is 4.63. The van der Waals surface area contributed by atoms with Crippen molar-refractivity contribution >= 4 is 21.6 Å². The lowest BCUT2D eigenvalue weighted by Crippen LogP contribution is -2.59. The molecule has 1 unspecified atom stereocenters. The van der Waals surface area contributed by atoms with Crippen LogP contribution >= 0.6 is 11.3 Å². The maximum Gasteiger partial charge on any atom is 0.0969 e. The average Bonchev–Trinajstić information content (AvgIpc) is 2.94. The molecule has 2 saturated heterocycles. The van der Waals surface area contributed by atoms with Gasteiger partial charge < -0.3 is 10.2 Å². The molecule has 0 amide bonds. The first-order chi connectivity index (χ1) is 11.6. The van der Waals surface area contributed by atoms with Crippen molar-refractivity contribution in [1.82, 2.24) is 15.2 Å². The molecule has 1 aromatic heterocycles. The molecule has 1 atom stereocenters. The highest BCUT2D eigenvalue weighted by Gasteiger charge is 2.52. The lowest BCUT2D eigenvalue weighted by atomic mass is 9.58. The van der Waals surface area contributed by atoms with Crippen LogP contribution in [-0.4, -0.2) is 43.1 Å². The zero-order valence-corrected chi connectivity index (χ0v) is 15.7. The Bertz CT molecular complexity index is 642. The number of likely N-dealkylation sites (tertiary alicyclic amines) is 1. The van der Waals surface area contributed by atoms with E-state index in [2.05, 4.69) is 48.5 Å². The van der Waals surface area contributed by atoms with E-state index in [9.17, 15) is 0 Å². The summed E-state index contributed by atoms with van der Waals surface area (Å²) >= 11 is 1.89. The van der Waals surface area contributed by atoms with Gasteiger partial charge >= 0.3 is 0 Å². The molecule has 4 heteroatoms. The van der Waals surface area contributed by atoms with Crippen LogP contribution < -0.4 is 5.32 Å². The molecule has 2 aromatic rings. The molecule has 5 rings (SSSR count). The topological polar surface area (TPSA) is 28.2 Å². The summed E-state index contributed by atoms with van der Waals surface area (Å²) < 4.78 is 1.34. The number of hydrogen-bond acceptors (Lipinski definition) is 4. The molecule has 0 radical (unpaired) electrons. The molecule has 1 aliphatic carbocycles. The number of rotatable bonds is 1. The van der Waals surface area contributed by atoms with E-state index in [-0.39, 0.29) is 0 Å². The van der Waals surface area contributed by atoms with Gasteiger partial charge in [-0.3, -0.25) is 0 Å². The molecule has 3 heterocycles. The standard InChI is InChI=1S/C14H16N2S.C6H13N/c1-16-8-14(9-16)6-10(7-14)13-15-11-4-2-3-5-12(11)17-13;1-6-3-2-4-7-5-6/h2-5,10H,6-9H2,1H3;6-7H,2-5H2,1H3.